The third-order valence-electron chi connectivity index (χ3n) is 2.55. The van der Waals surface area contributed by atoms with Gasteiger partial charge in [-0.2, -0.15) is 0 Å². The Balaban J connectivity index is 2.43. The van der Waals surface area contributed by atoms with E-state index in [1.165, 1.54) is 12.5 Å². The average Bonchev–Trinajstić information content (AvgIpc) is 2.94. The van der Waals surface area contributed by atoms with Crippen LogP contribution in [0.25, 0.3) is 11.4 Å². The molecule has 0 fully saturated rings. The van der Waals surface area contributed by atoms with Gasteiger partial charge in [0.2, 0.25) is 5.91 Å². The number of imide groups is 1. The lowest BCUT2D eigenvalue weighted by Gasteiger charge is -2.07. The maximum absolute atomic E-state index is 11.5. The number of amides is 3. The lowest BCUT2D eigenvalue weighted by molar-refractivity contribution is -0.120. The van der Waals surface area contributed by atoms with Gasteiger partial charge in [0.15, 0.2) is 5.69 Å². The molecule has 0 aromatic carbocycles. The first-order valence-electron chi connectivity index (χ1n) is 5.63. The highest BCUT2D eigenvalue weighted by Gasteiger charge is 2.24. The van der Waals surface area contributed by atoms with Crippen LogP contribution < -0.4 is 11.1 Å². The Hall–Kier alpha value is -3.24. The van der Waals surface area contributed by atoms with Crippen LogP contribution in [0.2, 0.25) is 0 Å². The number of rotatable bonds is 4. The molecule has 0 unspecified atom stereocenters. The van der Waals surface area contributed by atoms with Gasteiger partial charge in [-0.05, 0) is 0 Å². The van der Waals surface area contributed by atoms with Gasteiger partial charge in [-0.3, -0.25) is 10.1 Å². The van der Waals surface area contributed by atoms with E-state index in [1.807, 2.05) is 5.32 Å². The van der Waals surface area contributed by atoms with E-state index >= 15 is 0 Å². The van der Waals surface area contributed by atoms with Gasteiger partial charge in [0, 0.05) is 7.05 Å². The fourth-order valence-electron chi connectivity index (χ4n) is 1.72. The number of aromatic nitrogens is 5. The Morgan fingerprint density at radius 1 is 1.43 bits per heavy atom. The van der Waals surface area contributed by atoms with Crippen LogP contribution in [-0.4, -0.2) is 47.6 Å². The Morgan fingerprint density at radius 2 is 2.14 bits per heavy atom. The van der Waals surface area contributed by atoms with E-state index in [9.17, 15) is 14.4 Å². The van der Waals surface area contributed by atoms with Gasteiger partial charge in [0.25, 0.3) is 0 Å². The molecule has 0 saturated carbocycles. The summed E-state index contributed by atoms with van der Waals surface area (Å²) in [5.41, 5.74) is 5.01. The third-order valence-corrected chi connectivity index (χ3v) is 2.55. The first-order chi connectivity index (χ1) is 9.90. The number of carboxylic acid groups (broad SMARTS) is 1. The number of hydrogen-bond donors (Lipinski definition) is 3. The second kappa shape index (κ2) is 5.40. The van der Waals surface area contributed by atoms with Crippen LogP contribution in [0.15, 0.2) is 12.5 Å². The molecule has 2 heterocycles. The number of aromatic carboxylic acids is 1. The van der Waals surface area contributed by atoms with Crippen LogP contribution in [-0.2, 0) is 18.4 Å². The SMILES string of the molecule is Cn1cncc1-c1c(C(=O)O)nnn1CC(=O)NC(N)=O. The van der Waals surface area contributed by atoms with Crippen molar-refractivity contribution in [2.75, 3.05) is 0 Å². The van der Waals surface area contributed by atoms with Gasteiger partial charge in [0.05, 0.1) is 18.2 Å². The summed E-state index contributed by atoms with van der Waals surface area (Å²) in [4.78, 5) is 37.2. The molecule has 0 bridgehead atoms. The fraction of sp³-hybridized carbons (Fsp3) is 0.200. The summed E-state index contributed by atoms with van der Waals surface area (Å²) < 4.78 is 2.60. The third kappa shape index (κ3) is 2.86. The van der Waals surface area contributed by atoms with E-state index in [0.717, 1.165) is 4.68 Å². The quantitative estimate of drug-likeness (QED) is 0.623. The van der Waals surface area contributed by atoms with Crippen molar-refractivity contribution in [1.82, 2.24) is 29.9 Å². The Bertz CT molecular complexity index is 717. The van der Waals surface area contributed by atoms with Crippen LogP contribution >= 0.6 is 0 Å². The molecule has 110 valence electrons. The van der Waals surface area contributed by atoms with Gasteiger partial charge in [-0.15, -0.1) is 5.10 Å². The summed E-state index contributed by atoms with van der Waals surface area (Å²) in [6, 6.07) is -1.01. The molecule has 0 spiro atoms. The molecule has 0 saturated heterocycles. The van der Waals surface area contributed by atoms with E-state index in [2.05, 4.69) is 15.3 Å². The van der Waals surface area contributed by atoms with Crippen LogP contribution in [0.1, 0.15) is 10.5 Å². The highest BCUT2D eigenvalue weighted by atomic mass is 16.4. The molecular formula is C10H11N7O4. The molecule has 4 N–H and O–H groups in total. The lowest BCUT2D eigenvalue weighted by Crippen LogP contribution is -2.37. The smallest absolute Gasteiger partial charge is 0.358 e. The summed E-state index contributed by atoms with van der Waals surface area (Å²) in [5, 5.41) is 18.1. The Kier molecular flexibility index (Phi) is 3.65. The van der Waals surface area contributed by atoms with Crippen molar-refractivity contribution in [3.05, 3.63) is 18.2 Å². The maximum atomic E-state index is 11.5. The van der Waals surface area contributed by atoms with Gasteiger partial charge in [-0.1, -0.05) is 5.21 Å². The zero-order valence-electron chi connectivity index (χ0n) is 10.8. The number of nitrogens with two attached hydrogens (primary N) is 1. The minimum atomic E-state index is -1.30. The normalized spacial score (nSPS) is 10.3. The number of hydrogen-bond acceptors (Lipinski definition) is 6. The van der Waals surface area contributed by atoms with Gasteiger partial charge in [-0.25, -0.2) is 19.3 Å². The largest absolute Gasteiger partial charge is 0.476 e. The van der Waals surface area contributed by atoms with Crippen molar-refractivity contribution in [3.8, 4) is 11.4 Å². The number of aryl methyl sites for hydroxylation is 1. The number of nitrogens with one attached hydrogen (secondary N) is 1. The lowest BCUT2D eigenvalue weighted by atomic mass is 10.2. The first kappa shape index (κ1) is 14.2. The molecule has 0 aliphatic rings. The van der Waals surface area contributed by atoms with Crippen LogP contribution in [0.3, 0.4) is 0 Å². The second-order valence-electron chi connectivity index (χ2n) is 4.05. The molecule has 0 aliphatic carbocycles. The van der Waals surface area contributed by atoms with Gasteiger partial charge < -0.3 is 15.4 Å². The zero-order chi connectivity index (χ0) is 15.6. The number of urea groups is 1. The summed E-state index contributed by atoms with van der Waals surface area (Å²) in [5.74, 6) is -2.04. The minimum absolute atomic E-state index is 0.0992. The van der Waals surface area contributed by atoms with Crippen LogP contribution in [0, 0.1) is 0 Å². The number of nitrogens with zero attached hydrogens (tertiary/aromatic N) is 5. The summed E-state index contributed by atoms with van der Waals surface area (Å²) >= 11 is 0. The highest BCUT2D eigenvalue weighted by Crippen LogP contribution is 2.21. The molecule has 2 aromatic rings. The zero-order valence-corrected chi connectivity index (χ0v) is 10.8. The first-order valence-corrected chi connectivity index (χ1v) is 5.63. The number of carbonyl (C=O) groups excluding carboxylic acids is 2. The highest BCUT2D eigenvalue weighted by molar-refractivity contribution is 5.95. The van der Waals surface area contributed by atoms with Crippen molar-refractivity contribution in [1.29, 1.82) is 0 Å². The number of carbonyl (C=O) groups is 3. The minimum Gasteiger partial charge on any atom is -0.476 e. The Morgan fingerprint density at radius 3 is 2.67 bits per heavy atom. The van der Waals surface area contributed by atoms with Crippen molar-refractivity contribution in [2.24, 2.45) is 12.8 Å². The summed E-state index contributed by atoms with van der Waals surface area (Å²) in [7, 11) is 1.65. The average molecular weight is 293 g/mol. The topological polar surface area (TPSA) is 158 Å². The van der Waals surface area contributed by atoms with Gasteiger partial charge in [0.1, 0.15) is 12.2 Å². The second-order valence-corrected chi connectivity index (χ2v) is 4.05. The summed E-state index contributed by atoms with van der Waals surface area (Å²) in [6.07, 6.45) is 2.87. The van der Waals surface area contributed by atoms with Crippen molar-refractivity contribution >= 4 is 17.9 Å². The standard InChI is InChI=1S/C10H11N7O4/c1-16-4-12-2-5(16)8-7(9(19)20)14-15-17(8)3-6(18)13-10(11)21/h2,4H,3H2,1H3,(H,19,20)(H3,11,13,18,21). The van der Waals surface area contributed by atoms with Crippen molar-refractivity contribution in [2.45, 2.75) is 6.54 Å². The maximum Gasteiger partial charge on any atom is 0.358 e. The van der Waals surface area contributed by atoms with Crippen molar-refractivity contribution in [3.63, 3.8) is 0 Å². The van der Waals surface area contributed by atoms with Crippen LogP contribution in [0.5, 0.6) is 0 Å². The predicted molar refractivity (Wildman–Crippen MR) is 66.9 cm³/mol. The van der Waals surface area contributed by atoms with Gasteiger partial charge >= 0.3 is 12.0 Å². The fourth-order valence-corrected chi connectivity index (χ4v) is 1.72. The summed E-state index contributed by atoms with van der Waals surface area (Å²) in [6.45, 7) is -0.413. The van der Waals surface area contributed by atoms with E-state index < -0.39 is 24.5 Å². The Labute approximate surface area is 117 Å². The molecule has 21 heavy (non-hydrogen) atoms. The molecule has 11 heteroatoms. The molecule has 2 aromatic heterocycles. The molecule has 3 amide bonds. The molecular weight excluding hydrogens is 282 g/mol. The molecule has 0 radical (unpaired) electrons. The monoisotopic (exact) mass is 293 g/mol. The number of carboxylic acids is 1. The van der Waals surface area contributed by atoms with Crippen molar-refractivity contribution < 1.29 is 19.5 Å². The molecule has 0 atom stereocenters. The van der Waals surface area contributed by atoms with Crippen LogP contribution in [0.4, 0.5) is 4.79 Å². The number of imidazole rings is 1. The molecule has 2 rings (SSSR count). The number of primary amides is 1. The van der Waals surface area contributed by atoms with E-state index in [1.54, 1.807) is 11.6 Å². The van der Waals surface area contributed by atoms with E-state index in [-0.39, 0.29) is 11.4 Å². The van der Waals surface area contributed by atoms with E-state index in [0.29, 0.717) is 5.69 Å². The van der Waals surface area contributed by atoms with E-state index in [4.69, 9.17) is 10.8 Å². The molecule has 0 aliphatic heterocycles. The molecule has 11 nitrogen and oxygen atoms in total. The predicted octanol–water partition coefficient (Wildman–Crippen LogP) is -1.43.